The number of rotatable bonds is 15. The smallest absolute Gasteiger partial charge is 0.128 e. The molecule has 0 amide bonds. The summed E-state index contributed by atoms with van der Waals surface area (Å²) in [5.74, 6) is -0.206. The number of benzene rings is 1. The minimum absolute atomic E-state index is 0.206. The number of allylic oxidation sites excluding steroid dienone is 1. The van der Waals surface area contributed by atoms with Gasteiger partial charge >= 0.3 is 0 Å². The molecule has 0 saturated heterocycles. The van der Waals surface area contributed by atoms with Crippen molar-refractivity contribution < 1.29 is 4.39 Å². The maximum atomic E-state index is 14.7. The van der Waals surface area contributed by atoms with Gasteiger partial charge in [-0.2, -0.15) is 0 Å². The largest absolute Gasteiger partial charge is 0.369 e. The van der Waals surface area contributed by atoms with Gasteiger partial charge in [-0.3, -0.25) is 4.98 Å². The van der Waals surface area contributed by atoms with Crippen LogP contribution < -0.4 is 10.6 Å². The average Bonchev–Trinajstić information content (AvgIpc) is 3.28. The van der Waals surface area contributed by atoms with Crippen molar-refractivity contribution in [2.24, 2.45) is 0 Å². The molecule has 0 bridgehead atoms. The standard InChI is InChI=1S/C32H42FN5/c1-8-22(5)38(23(6)9-2)20-17-24-21-35-19-15-27(24)32-31(26(11-4)30(37-32)16-18-34-7)36-29-14-12-13-28(33)25(29)10-3/h8,11-15,19,21,23,34,36-37H,1,4-5,9-10,16-18,20H2,2-3,6-7H3. The molecule has 0 aliphatic rings. The van der Waals surface area contributed by atoms with Crippen molar-refractivity contribution in [1.29, 1.82) is 0 Å². The lowest BCUT2D eigenvalue weighted by Crippen LogP contribution is -2.32. The Morgan fingerprint density at radius 1 is 1.21 bits per heavy atom. The van der Waals surface area contributed by atoms with Gasteiger partial charge in [0.05, 0.1) is 11.4 Å². The van der Waals surface area contributed by atoms with Gasteiger partial charge in [-0.05, 0) is 63.1 Å². The van der Waals surface area contributed by atoms with E-state index in [1.807, 2.05) is 50.6 Å². The van der Waals surface area contributed by atoms with Crippen molar-refractivity contribution in [3.05, 3.63) is 96.4 Å². The number of H-pyrrole nitrogens is 1. The van der Waals surface area contributed by atoms with Crippen LogP contribution in [0.5, 0.6) is 0 Å². The van der Waals surface area contributed by atoms with Crippen LogP contribution in [0.2, 0.25) is 0 Å². The van der Waals surface area contributed by atoms with Crippen molar-refractivity contribution >= 4 is 17.5 Å². The van der Waals surface area contributed by atoms with E-state index in [0.717, 1.165) is 77.5 Å². The Hall–Kier alpha value is -3.64. The lowest BCUT2D eigenvalue weighted by molar-refractivity contribution is 0.273. The summed E-state index contributed by atoms with van der Waals surface area (Å²) in [6, 6.07) is 7.58. The molecule has 3 aromatic rings. The SMILES string of the molecule is C=CC(=C)N(CCc1cnccc1-c1[nH]c(CCNC)c(C=C)c1Nc1cccc(F)c1CC)C(C)CC. The van der Waals surface area contributed by atoms with E-state index in [1.54, 1.807) is 6.07 Å². The highest BCUT2D eigenvalue weighted by Gasteiger charge is 2.21. The molecule has 6 heteroatoms. The highest BCUT2D eigenvalue weighted by molar-refractivity contribution is 5.88. The first-order valence-corrected chi connectivity index (χ1v) is 13.5. The summed E-state index contributed by atoms with van der Waals surface area (Å²) in [6.07, 6.45) is 10.6. The highest BCUT2D eigenvalue weighted by Crippen LogP contribution is 2.39. The molecule has 2 aromatic heterocycles. The molecular formula is C32H42FN5. The van der Waals surface area contributed by atoms with E-state index in [4.69, 9.17) is 0 Å². The number of halogens is 1. The molecule has 3 N–H and O–H groups in total. The van der Waals surface area contributed by atoms with Gasteiger partial charge in [0.25, 0.3) is 0 Å². The maximum absolute atomic E-state index is 14.7. The Bertz CT molecular complexity index is 1260. The third-order valence-electron chi connectivity index (χ3n) is 7.20. The average molecular weight is 516 g/mol. The summed E-state index contributed by atoms with van der Waals surface area (Å²) < 4.78 is 14.7. The molecule has 5 nitrogen and oxygen atoms in total. The van der Waals surface area contributed by atoms with Gasteiger partial charge < -0.3 is 20.5 Å². The summed E-state index contributed by atoms with van der Waals surface area (Å²) in [5.41, 5.74) is 8.44. The van der Waals surface area contributed by atoms with E-state index >= 15 is 0 Å². The molecule has 2 heterocycles. The number of aromatic amines is 1. The second-order valence-electron chi connectivity index (χ2n) is 9.50. The van der Waals surface area contributed by atoms with Gasteiger partial charge in [0.2, 0.25) is 0 Å². The summed E-state index contributed by atoms with van der Waals surface area (Å²) in [5, 5.41) is 6.80. The number of hydrogen-bond acceptors (Lipinski definition) is 4. The molecule has 1 aromatic carbocycles. The Balaban J connectivity index is 2.10. The van der Waals surface area contributed by atoms with Crippen molar-refractivity contribution in [2.45, 2.75) is 52.5 Å². The number of aromatic nitrogens is 2. The monoisotopic (exact) mass is 515 g/mol. The number of nitrogens with one attached hydrogen (secondary N) is 3. The summed E-state index contributed by atoms with van der Waals surface area (Å²) in [7, 11) is 1.94. The Morgan fingerprint density at radius 3 is 2.66 bits per heavy atom. The quantitative estimate of drug-likeness (QED) is 0.186. The third kappa shape index (κ3) is 6.43. The topological polar surface area (TPSA) is 56.0 Å². The lowest BCUT2D eigenvalue weighted by Gasteiger charge is -2.31. The van der Waals surface area contributed by atoms with Crippen LogP contribution in [0.1, 0.15) is 49.6 Å². The minimum Gasteiger partial charge on any atom is -0.369 e. The van der Waals surface area contributed by atoms with E-state index in [2.05, 4.69) is 59.1 Å². The van der Waals surface area contributed by atoms with Crippen molar-refractivity contribution in [1.82, 2.24) is 20.2 Å². The molecule has 1 atom stereocenters. The fraction of sp³-hybridized carbons (Fsp3) is 0.344. The number of likely N-dealkylation sites (N-methyl/N-ethyl adjacent to an activating group) is 1. The fourth-order valence-corrected chi connectivity index (χ4v) is 4.84. The van der Waals surface area contributed by atoms with E-state index < -0.39 is 0 Å². The Labute approximate surface area is 227 Å². The zero-order valence-electron chi connectivity index (χ0n) is 23.3. The second kappa shape index (κ2) is 13.8. The molecule has 202 valence electrons. The van der Waals surface area contributed by atoms with E-state index in [1.165, 1.54) is 6.07 Å². The first-order valence-electron chi connectivity index (χ1n) is 13.5. The van der Waals surface area contributed by atoms with E-state index in [0.29, 0.717) is 18.0 Å². The van der Waals surface area contributed by atoms with Crippen LogP contribution in [0.3, 0.4) is 0 Å². The zero-order valence-corrected chi connectivity index (χ0v) is 23.3. The molecule has 3 rings (SSSR count). The van der Waals surface area contributed by atoms with Crippen LogP contribution in [0.25, 0.3) is 17.3 Å². The molecule has 0 aliphatic carbocycles. The molecule has 0 aliphatic heterocycles. The van der Waals surface area contributed by atoms with Crippen molar-refractivity contribution in [3.8, 4) is 11.3 Å². The van der Waals surface area contributed by atoms with Gasteiger partial charge in [-0.1, -0.05) is 45.7 Å². The van der Waals surface area contributed by atoms with E-state index in [-0.39, 0.29) is 5.82 Å². The normalized spacial score (nSPS) is 11.7. The molecule has 0 fully saturated rings. The van der Waals surface area contributed by atoms with Crippen LogP contribution in [0, 0.1) is 5.82 Å². The third-order valence-corrected chi connectivity index (χ3v) is 7.20. The highest BCUT2D eigenvalue weighted by atomic mass is 19.1. The zero-order chi connectivity index (χ0) is 27.7. The van der Waals surface area contributed by atoms with Crippen molar-refractivity contribution in [2.75, 3.05) is 25.5 Å². The number of hydrogen-bond donors (Lipinski definition) is 3. The molecule has 0 radical (unpaired) electrons. The van der Waals surface area contributed by atoms with Gasteiger partial charge in [0.1, 0.15) is 5.82 Å². The van der Waals surface area contributed by atoms with Crippen molar-refractivity contribution in [3.63, 3.8) is 0 Å². The predicted octanol–water partition coefficient (Wildman–Crippen LogP) is 7.27. The maximum Gasteiger partial charge on any atom is 0.128 e. The van der Waals surface area contributed by atoms with Gasteiger partial charge in [0, 0.05) is 71.7 Å². The van der Waals surface area contributed by atoms with Gasteiger partial charge in [-0.15, -0.1) is 0 Å². The molecule has 0 saturated carbocycles. The first-order chi connectivity index (χ1) is 18.4. The second-order valence-corrected chi connectivity index (χ2v) is 9.50. The minimum atomic E-state index is -0.206. The van der Waals surface area contributed by atoms with Gasteiger partial charge in [0.15, 0.2) is 0 Å². The summed E-state index contributed by atoms with van der Waals surface area (Å²) >= 11 is 0. The van der Waals surface area contributed by atoms with Crippen LogP contribution in [0.4, 0.5) is 15.8 Å². The Morgan fingerprint density at radius 2 is 2.00 bits per heavy atom. The number of anilines is 2. The van der Waals surface area contributed by atoms with E-state index in [9.17, 15) is 4.39 Å². The van der Waals surface area contributed by atoms with Crippen LogP contribution in [-0.2, 0) is 19.3 Å². The first kappa shape index (κ1) is 28.9. The molecule has 38 heavy (non-hydrogen) atoms. The summed E-state index contributed by atoms with van der Waals surface area (Å²) in [4.78, 5) is 10.4. The lowest BCUT2D eigenvalue weighted by atomic mass is 10.0. The van der Waals surface area contributed by atoms with Crippen LogP contribution in [-0.4, -0.2) is 41.0 Å². The van der Waals surface area contributed by atoms with Crippen LogP contribution in [0.15, 0.2) is 68.2 Å². The number of nitrogens with zero attached hydrogens (tertiary/aromatic N) is 2. The molecule has 1 unspecified atom stereocenters. The summed E-state index contributed by atoms with van der Waals surface area (Å²) in [6.45, 7) is 20.2. The Kier molecular flexibility index (Phi) is 10.5. The fourth-order valence-electron chi connectivity index (χ4n) is 4.84. The van der Waals surface area contributed by atoms with Gasteiger partial charge in [-0.25, -0.2) is 4.39 Å². The van der Waals surface area contributed by atoms with Crippen LogP contribution >= 0.6 is 0 Å². The molecule has 0 spiro atoms. The predicted molar refractivity (Wildman–Crippen MR) is 160 cm³/mol. The number of pyridine rings is 1. The molecular weight excluding hydrogens is 473 g/mol.